The fraction of sp³-hybridized carbons (Fsp3) is 0.645. The molecule has 0 radical (unpaired) electrons. The summed E-state index contributed by atoms with van der Waals surface area (Å²) in [6, 6.07) is 7.66. The zero-order valence-corrected chi connectivity index (χ0v) is 22.8. The fourth-order valence-electron chi connectivity index (χ4n) is 8.07. The molecule has 2 saturated carbocycles. The van der Waals surface area contributed by atoms with Crippen LogP contribution in [0.4, 0.5) is 0 Å². The first-order valence-corrected chi connectivity index (χ1v) is 14.8. The molecule has 2 amide bonds. The first-order chi connectivity index (χ1) is 18.4. The minimum absolute atomic E-state index is 0.0183. The quantitative estimate of drug-likeness (QED) is 0.586. The minimum atomic E-state index is -0.990. The Morgan fingerprint density at radius 3 is 2.63 bits per heavy atom. The van der Waals surface area contributed by atoms with Crippen LogP contribution in [-0.4, -0.2) is 61.7 Å². The van der Waals surface area contributed by atoms with E-state index in [4.69, 9.17) is 0 Å². The highest BCUT2D eigenvalue weighted by atomic mass is 16.3. The van der Waals surface area contributed by atoms with Gasteiger partial charge in [-0.15, -0.1) is 0 Å². The normalized spacial score (nSPS) is 26.2. The molecule has 1 N–H and O–H groups in total. The van der Waals surface area contributed by atoms with Crippen LogP contribution in [0.2, 0.25) is 0 Å². The first kappa shape index (κ1) is 25.6. The van der Waals surface area contributed by atoms with Crippen LogP contribution in [0, 0.1) is 17.3 Å². The first-order valence-electron chi connectivity index (χ1n) is 14.8. The molecule has 4 aliphatic rings. The molecule has 6 rings (SSSR count). The molecule has 0 bridgehead atoms. The van der Waals surface area contributed by atoms with Gasteiger partial charge in [-0.1, -0.05) is 57.9 Å². The van der Waals surface area contributed by atoms with Gasteiger partial charge in [0.05, 0.1) is 17.8 Å². The average Bonchev–Trinajstić information content (AvgIpc) is 3.69. The van der Waals surface area contributed by atoms with E-state index >= 15 is 0 Å². The lowest BCUT2D eigenvalue weighted by atomic mass is 9.65. The lowest BCUT2D eigenvalue weighted by molar-refractivity contribution is -0.163. The number of likely N-dealkylation sites (tertiary alicyclic amines) is 1. The summed E-state index contributed by atoms with van der Waals surface area (Å²) in [4.78, 5) is 31.0. The van der Waals surface area contributed by atoms with E-state index in [1.165, 1.54) is 32.1 Å². The number of nitrogens with zero attached hydrogens (tertiary/aromatic N) is 4. The second-order valence-corrected chi connectivity index (χ2v) is 12.6. The molecule has 38 heavy (non-hydrogen) atoms. The molecule has 0 unspecified atom stereocenters. The number of amides is 2. The monoisotopic (exact) mass is 518 g/mol. The second kappa shape index (κ2) is 10.1. The lowest BCUT2D eigenvalue weighted by Gasteiger charge is -2.53. The third-order valence-electron chi connectivity index (χ3n) is 10.2. The largest absolute Gasteiger partial charge is 0.387 e. The molecule has 1 spiro atoms. The van der Waals surface area contributed by atoms with E-state index in [1.54, 1.807) is 10.9 Å². The van der Waals surface area contributed by atoms with Gasteiger partial charge in [0, 0.05) is 54.5 Å². The molecule has 2 aliphatic heterocycles. The SMILES string of the molecule is C[C@H](CC1CCCCC1)C(=O)N1CC[C@@](O)(CN2Cc3c(cccc3-n3cccn3)C2=O)C2(CCCC2)C1. The Labute approximate surface area is 226 Å². The van der Waals surface area contributed by atoms with Crippen molar-refractivity contribution < 1.29 is 14.7 Å². The van der Waals surface area contributed by atoms with Crippen LogP contribution in [0.25, 0.3) is 5.69 Å². The smallest absolute Gasteiger partial charge is 0.254 e. The molecule has 2 aliphatic carbocycles. The maximum atomic E-state index is 13.6. The molecule has 204 valence electrons. The molecule has 1 saturated heterocycles. The molecule has 2 atom stereocenters. The van der Waals surface area contributed by atoms with E-state index in [9.17, 15) is 14.7 Å². The number of benzene rings is 1. The van der Waals surface area contributed by atoms with Gasteiger partial charge in [-0.05, 0) is 49.8 Å². The Morgan fingerprint density at radius 2 is 1.89 bits per heavy atom. The van der Waals surface area contributed by atoms with Gasteiger partial charge in [-0.2, -0.15) is 5.10 Å². The Kier molecular flexibility index (Phi) is 6.83. The number of rotatable bonds is 6. The molecule has 1 aromatic heterocycles. The topological polar surface area (TPSA) is 78.7 Å². The van der Waals surface area contributed by atoms with E-state index in [2.05, 4.69) is 16.9 Å². The molecular weight excluding hydrogens is 476 g/mol. The maximum Gasteiger partial charge on any atom is 0.254 e. The molecular formula is C31H42N4O3. The Hall–Kier alpha value is -2.67. The Balaban J connectivity index is 1.18. The van der Waals surface area contributed by atoms with Gasteiger partial charge in [0.15, 0.2) is 0 Å². The van der Waals surface area contributed by atoms with Crippen LogP contribution >= 0.6 is 0 Å². The van der Waals surface area contributed by atoms with Crippen LogP contribution < -0.4 is 0 Å². The third-order valence-corrected chi connectivity index (χ3v) is 10.2. The van der Waals surface area contributed by atoms with Crippen LogP contribution in [0.1, 0.15) is 93.5 Å². The standard InChI is InChI=1S/C31H42N4O3/c1-23(19-24-9-3-2-4-10-24)28(36)33-18-15-31(38,30(21-33)13-5-6-14-30)22-34-20-26-25(29(34)37)11-7-12-27(26)35-17-8-16-32-35/h7-8,11-12,16-17,23-24,38H,2-6,9-10,13-15,18-22H2,1H3/t23-,31-/m1/s1. The van der Waals surface area contributed by atoms with Gasteiger partial charge in [0.1, 0.15) is 0 Å². The van der Waals surface area contributed by atoms with Crippen molar-refractivity contribution in [1.82, 2.24) is 19.6 Å². The van der Waals surface area contributed by atoms with E-state index in [-0.39, 0.29) is 23.1 Å². The summed E-state index contributed by atoms with van der Waals surface area (Å²) in [6.07, 6.45) is 15.6. The van der Waals surface area contributed by atoms with Crippen molar-refractivity contribution in [3.8, 4) is 5.69 Å². The highest BCUT2D eigenvalue weighted by molar-refractivity contribution is 5.99. The van der Waals surface area contributed by atoms with Crippen molar-refractivity contribution in [3.63, 3.8) is 0 Å². The van der Waals surface area contributed by atoms with Gasteiger partial charge >= 0.3 is 0 Å². The van der Waals surface area contributed by atoms with E-state index in [0.717, 1.165) is 43.4 Å². The van der Waals surface area contributed by atoms with Crippen LogP contribution in [0.3, 0.4) is 0 Å². The summed E-state index contributed by atoms with van der Waals surface area (Å²) >= 11 is 0. The summed E-state index contributed by atoms with van der Waals surface area (Å²) < 4.78 is 1.81. The molecule has 1 aromatic carbocycles. The Morgan fingerprint density at radius 1 is 1.11 bits per heavy atom. The third kappa shape index (κ3) is 4.47. The number of β-amino-alcohol motifs (C(OH)–C–C–N with tert-alkyl or cyclic N) is 1. The van der Waals surface area contributed by atoms with E-state index in [0.29, 0.717) is 44.1 Å². The zero-order valence-electron chi connectivity index (χ0n) is 22.8. The van der Waals surface area contributed by atoms with Crippen molar-refractivity contribution in [3.05, 3.63) is 47.8 Å². The number of aliphatic hydroxyl groups is 1. The van der Waals surface area contributed by atoms with Gasteiger partial charge in [0.25, 0.3) is 5.91 Å². The summed E-state index contributed by atoms with van der Waals surface area (Å²) in [5.74, 6) is 0.963. The van der Waals surface area contributed by atoms with Gasteiger partial charge in [-0.25, -0.2) is 4.68 Å². The number of aromatic nitrogens is 2. The van der Waals surface area contributed by atoms with E-state index in [1.807, 2.05) is 35.4 Å². The lowest BCUT2D eigenvalue weighted by Crippen LogP contribution is -2.64. The number of carbonyl (C=O) groups excluding carboxylic acids is 2. The molecule has 7 nitrogen and oxygen atoms in total. The fourth-order valence-corrected chi connectivity index (χ4v) is 8.07. The number of fused-ring (bicyclic) bond motifs is 1. The van der Waals surface area contributed by atoms with Crippen LogP contribution in [0.5, 0.6) is 0 Å². The van der Waals surface area contributed by atoms with Crippen molar-refractivity contribution in [1.29, 1.82) is 0 Å². The van der Waals surface area contributed by atoms with Crippen LogP contribution in [0.15, 0.2) is 36.7 Å². The van der Waals surface area contributed by atoms with Crippen molar-refractivity contribution in [2.45, 2.75) is 89.7 Å². The Bertz CT molecular complexity index is 1170. The zero-order chi connectivity index (χ0) is 26.3. The second-order valence-electron chi connectivity index (χ2n) is 12.6. The van der Waals surface area contributed by atoms with Crippen molar-refractivity contribution >= 4 is 11.8 Å². The van der Waals surface area contributed by atoms with Crippen LogP contribution in [-0.2, 0) is 11.3 Å². The highest BCUT2D eigenvalue weighted by Crippen LogP contribution is 2.52. The molecule has 3 fully saturated rings. The number of hydrogen-bond donors (Lipinski definition) is 1. The molecule has 2 aromatic rings. The predicted octanol–water partition coefficient (Wildman–Crippen LogP) is 4.96. The number of piperidine rings is 1. The van der Waals surface area contributed by atoms with Gasteiger partial charge < -0.3 is 14.9 Å². The summed E-state index contributed by atoms with van der Waals surface area (Å²) in [5, 5.41) is 16.7. The predicted molar refractivity (Wildman–Crippen MR) is 146 cm³/mol. The average molecular weight is 519 g/mol. The number of hydrogen-bond acceptors (Lipinski definition) is 4. The van der Waals surface area contributed by atoms with E-state index < -0.39 is 5.60 Å². The van der Waals surface area contributed by atoms with Crippen molar-refractivity contribution in [2.24, 2.45) is 17.3 Å². The molecule has 3 heterocycles. The highest BCUT2D eigenvalue weighted by Gasteiger charge is 2.57. The minimum Gasteiger partial charge on any atom is -0.387 e. The van der Waals surface area contributed by atoms with Crippen molar-refractivity contribution in [2.75, 3.05) is 19.6 Å². The maximum absolute atomic E-state index is 13.6. The van der Waals surface area contributed by atoms with Gasteiger partial charge in [0.2, 0.25) is 5.91 Å². The van der Waals surface area contributed by atoms with Gasteiger partial charge in [-0.3, -0.25) is 9.59 Å². The molecule has 7 heteroatoms. The summed E-state index contributed by atoms with van der Waals surface area (Å²) in [7, 11) is 0. The summed E-state index contributed by atoms with van der Waals surface area (Å²) in [6.45, 7) is 4.09. The summed E-state index contributed by atoms with van der Waals surface area (Å²) in [5.41, 5.74) is 1.25. The number of carbonyl (C=O) groups is 2.